The zero-order valence-electron chi connectivity index (χ0n) is 13.0. The fourth-order valence-electron chi connectivity index (χ4n) is 8.20. The van der Waals surface area contributed by atoms with E-state index in [0.717, 1.165) is 0 Å². The van der Waals surface area contributed by atoms with Gasteiger partial charge in [-0.3, -0.25) is 4.79 Å². The number of ether oxygens (including phenoxy) is 2. The highest BCUT2D eigenvalue weighted by Gasteiger charge is 2.93. The number of azo groups is 1. The topological polar surface area (TPSA) is 77.3 Å². The maximum atomic E-state index is 12.9. The number of fused-ring (bicyclic) bond motifs is 1. The zero-order chi connectivity index (χ0) is 15.7. The van der Waals surface area contributed by atoms with Crippen LogP contribution >= 0.6 is 0 Å². The van der Waals surface area contributed by atoms with Crippen molar-refractivity contribution in [3.05, 3.63) is 12.2 Å². The van der Waals surface area contributed by atoms with Crippen LogP contribution in [0.2, 0.25) is 0 Å². The molecule has 6 aliphatic carbocycles. The van der Waals surface area contributed by atoms with E-state index >= 15 is 0 Å². The molecule has 1 heterocycles. The minimum absolute atomic E-state index is 0.0894. The zero-order valence-corrected chi connectivity index (χ0v) is 13.0. The van der Waals surface area contributed by atoms with Crippen molar-refractivity contribution in [3.63, 3.8) is 0 Å². The van der Waals surface area contributed by atoms with Crippen LogP contribution in [0.1, 0.15) is 0 Å². The molecule has 0 spiro atoms. The summed E-state index contributed by atoms with van der Waals surface area (Å²) >= 11 is 0. The Balaban J connectivity index is 1.62. The Morgan fingerprint density at radius 1 is 0.957 bits per heavy atom. The highest BCUT2D eigenvalue weighted by Crippen LogP contribution is 2.87. The van der Waals surface area contributed by atoms with E-state index in [1.165, 1.54) is 14.2 Å². The standard InChI is InChI=1S/C17H18N2O4/c1-22-14(20)16-5-18-19-17(16,15(21)23-2)13-10-7-4-3-6-8(7)11(13)12(16)9(6)10/h3-4,6-13H,5H2,1-2H3/t6-,7-,8+,9+,10-,11-,12+,13-,16-,17-/m0/s1. The third-order valence-corrected chi connectivity index (χ3v) is 8.21. The number of hydrogen-bond acceptors (Lipinski definition) is 6. The second-order valence-corrected chi connectivity index (χ2v) is 8.02. The highest BCUT2D eigenvalue weighted by molar-refractivity contribution is 5.95. The molecule has 5 fully saturated rings. The van der Waals surface area contributed by atoms with Gasteiger partial charge in [-0.25, -0.2) is 4.79 Å². The van der Waals surface area contributed by atoms with Crippen molar-refractivity contribution >= 4 is 11.9 Å². The van der Waals surface area contributed by atoms with E-state index in [-0.39, 0.29) is 24.3 Å². The van der Waals surface area contributed by atoms with E-state index in [0.29, 0.717) is 35.5 Å². The number of allylic oxidation sites excluding steroid dienone is 2. The molecule has 120 valence electrons. The van der Waals surface area contributed by atoms with Crippen LogP contribution < -0.4 is 0 Å². The third kappa shape index (κ3) is 0.870. The molecule has 0 aromatic rings. The predicted molar refractivity (Wildman–Crippen MR) is 76.0 cm³/mol. The lowest BCUT2D eigenvalue weighted by Crippen LogP contribution is -2.64. The van der Waals surface area contributed by atoms with E-state index in [9.17, 15) is 9.59 Å². The number of carbonyl (C=O) groups excluding carboxylic acids is 2. The van der Waals surface area contributed by atoms with Gasteiger partial charge in [-0.1, -0.05) is 12.2 Å². The Kier molecular flexibility index (Phi) is 1.86. The summed E-state index contributed by atoms with van der Waals surface area (Å²) in [6, 6.07) is 0. The number of nitrogens with zero attached hydrogens (tertiary/aromatic N) is 2. The summed E-state index contributed by atoms with van der Waals surface area (Å²) in [5.74, 6) is 2.59. The molecule has 7 aliphatic rings. The van der Waals surface area contributed by atoms with E-state index < -0.39 is 16.9 Å². The number of rotatable bonds is 2. The summed E-state index contributed by atoms with van der Waals surface area (Å²) in [5.41, 5.74) is -2.08. The van der Waals surface area contributed by atoms with Gasteiger partial charge in [-0.15, -0.1) is 0 Å². The summed E-state index contributed by atoms with van der Waals surface area (Å²) in [4.78, 5) is 25.8. The summed E-state index contributed by atoms with van der Waals surface area (Å²) in [6.45, 7) is 0.267. The molecule has 6 heteroatoms. The van der Waals surface area contributed by atoms with Crippen LogP contribution in [0, 0.1) is 52.8 Å². The number of carbonyl (C=O) groups is 2. The average molecular weight is 314 g/mol. The molecule has 8 bridgehead atoms. The normalized spacial score (nSPS) is 60.8. The van der Waals surface area contributed by atoms with Crippen LogP contribution in [-0.2, 0) is 19.1 Å². The Hall–Kier alpha value is -1.72. The third-order valence-electron chi connectivity index (χ3n) is 8.21. The fourth-order valence-corrected chi connectivity index (χ4v) is 8.20. The number of methoxy groups -OCH3 is 2. The number of esters is 2. The lowest BCUT2D eigenvalue weighted by atomic mass is 9.54. The molecule has 0 aromatic carbocycles. The SMILES string of the molecule is COC(=O)[C@]12N=NC[C@@]1(C(=O)OC)[C@@H]1[C@@H]3[C@H]4C=C[C@H]5[C@@H]4[C@@H]1[C@@H]2[C@@H]53. The summed E-state index contributed by atoms with van der Waals surface area (Å²) < 4.78 is 10.3. The molecule has 6 nitrogen and oxygen atoms in total. The largest absolute Gasteiger partial charge is 0.468 e. The molecule has 7 rings (SSSR count). The van der Waals surface area contributed by atoms with Crippen molar-refractivity contribution in [2.45, 2.75) is 5.54 Å². The highest BCUT2D eigenvalue weighted by atomic mass is 16.5. The van der Waals surface area contributed by atoms with Crippen molar-refractivity contribution in [1.82, 2.24) is 0 Å². The molecule has 0 aromatic heterocycles. The summed E-state index contributed by atoms with van der Waals surface area (Å²) in [7, 11) is 2.78. The maximum absolute atomic E-state index is 12.9. The van der Waals surface area contributed by atoms with Crippen LogP contribution in [0.15, 0.2) is 22.4 Å². The predicted octanol–water partition coefficient (Wildman–Crippen LogP) is 1.08. The molecule has 5 saturated carbocycles. The van der Waals surface area contributed by atoms with Gasteiger partial charge in [0.15, 0.2) is 5.54 Å². The second-order valence-electron chi connectivity index (χ2n) is 8.02. The second kappa shape index (κ2) is 3.37. The molecule has 23 heavy (non-hydrogen) atoms. The first-order chi connectivity index (χ1) is 11.1. The van der Waals surface area contributed by atoms with Crippen LogP contribution in [0.25, 0.3) is 0 Å². The Labute approximate surface area is 133 Å². The molecular formula is C17H18N2O4. The van der Waals surface area contributed by atoms with E-state index in [1.807, 2.05) is 0 Å². The van der Waals surface area contributed by atoms with Gasteiger partial charge in [0.05, 0.1) is 20.8 Å². The van der Waals surface area contributed by atoms with Crippen molar-refractivity contribution < 1.29 is 19.1 Å². The number of hydrogen-bond donors (Lipinski definition) is 0. The molecule has 0 N–H and O–H groups in total. The Morgan fingerprint density at radius 2 is 1.61 bits per heavy atom. The van der Waals surface area contributed by atoms with Crippen molar-refractivity contribution in [1.29, 1.82) is 0 Å². The molecule has 0 unspecified atom stereocenters. The van der Waals surface area contributed by atoms with Crippen LogP contribution in [-0.4, -0.2) is 38.2 Å². The van der Waals surface area contributed by atoms with Crippen LogP contribution in [0.4, 0.5) is 0 Å². The van der Waals surface area contributed by atoms with Gasteiger partial charge in [0.1, 0.15) is 5.41 Å². The lowest BCUT2D eigenvalue weighted by molar-refractivity contribution is -0.175. The van der Waals surface area contributed by atoms with Gasteiger partial charge in [0.2, 0.25) is 0 Å². The average Bonchev–Trinajstić information content (AvgIpc) is 3.35. The van der Waals surface area contributed by atoms with Gasteiger partial charge in [-0.2, -0.15) is 10.2 Å². The molecule has 10 atom stereocenters. The Morgan fingerprint density at radius 3 is 2.26 bits per heavy atom. The van der Waals surface area contributed by atoms with Gasteiger partial charge in [0, 0.05) is 5.92 Å². The molecule has 0 amide bonds. The van der Waals surface area contributed by atoms with Crippen molar-refractivity contribution in [2.24, 2.45) is 63.0 Å². The first-order valence-electron chi connectivity index (χ1n) is 8.39. The summed E-state index contributed by atoms with van der Waals surface area (Å²) in [5, 5.41) is 8.64. The minimum Gasteiger partial charge on any atom is -0.468 e. The lowest BCUT2D eigenvalue weighted by Gasteiger charge is -2.48. The quantitative estimate of drug-likeness (QED) is 0.564. The Bertz CT molecular complexity index is 732. The first-order valence-corrected chi connectivity index (χ1v) is 8.39. The van der Waals surface area contributed by atoms with Gasteiger partial charge < -0.3 is 9.47 Å². The molecule has 0 radical (unpaired) electrons. The smallest absolute Gasteiger partial charge is 0.337 e. The molecule has 0 saturated heterocycles. The monoisotopic (exact) mass is 314 g/mol. The minimum atomic E-state index is -1.14. The van der Waals surface area contributed by atoms with E-state index in [2.05, 4.69) is 22.4 Å². The first kappa shape index (κ1) is 12.7. The van der Waals surface area contributed by atoms with Crippen LogP contribution in [0.3, 0.4) is 0 Å². The van der Waals surface area contributed by atoms with Gasteiger partial charge in [-0.05, 0) is 41.4 Å². The van der Waals surface area contributed by atoms with Crippen molar-refractivity contribution in [3.8, 4) is 0 Å². The van der Waals surface area contributed by atoms with Crippen molar-refractivity contribution in [2.75, 3.05) is 20.8 Å². The van der Waals surface area contributed by atoms with Gasteiger partial charge >= 0.3 is 11.9 Å². The fraction of sp³-hybridized carbons (Fsp3) is 0.765. The van der Waals surface area contributed by atoms with Crippen LogP contribution in [0.5, 0.6) is 0 Å². The van der Waals surface area contributed by atoms with Gasteiger partial charge in [0.25, 0.3) is 0 Å². The maximum Gasteiger partial charge on any atom is 0.337 e. The van der Waals surface area contributed by atoms with E-state index in [1.54, 1.807) is 0 Å². The molecule has 1 aliphatic heterocycles. The summed E-state index contributed by atoms with van der Waals surface area (Å²) in [6.07, 6.45) is 4.68. The molecular weight excluding hydrogens is 296 g/mol. The van der Waals surface area contributed by atoms with E-state index in [4.69, 9.17) is 9.47 Å².